The highest BCUT2D eigenvalue weighted by Crippen LogP contribution is 2.20. The van der Waals surface area contributed by atoms with Crippen LogP contribution in [-0.2, 0) is 11.4 Å². The van der Waals surface area contributed by atoms with E-state index in [9.17, 15) is 9.59 Å². The van der Waals surface area contributed by atoms with Crippen LogP contribution in [0.25, 0.3) is 0 Å². The number of nitrogens with one attached hydrogen (secondary N) is 2. The van der Waals surface area contributed by atoms with Crippen LogP contribution in [0.5, 0.6) is 5.75 Å². The average Bonchev–Trinajstić information content (AvgIpc) is 3.30. The number of ether oxygens (including phenoxy) is 1. The molecule has 0 aliphatic carbocycles. The van der Waals surface area contributed by atoms with Gasteiger partial charge in [0.15, 0.2) is 5.76 Å². The van der Waals surface area contributed by atoms with Crippen molar-refractivity contribution in [3.63, 3.8) is 0 Å². The zero-order chi connectivity index (χ0) is 22.1. The van der Waals surface area contributed by atoms with Gasteiger partial charge in [0.25, 0.3) is 5.91 Å². The van der Waals surface area contributed by atoms with Crippen molar-refractivity contribution in [1.82, 2.24) is 15.8 Å². The second-order valence-corrected chi connectivity index (χ2v) is 6.85. The van der Waals surface area contributed by atoms with Crippen molar-refractivity contribution in [2.75, 3.05) is 13.1 Å². The Morgan fingerprint density at radius 3 is 2.19 bits per heavy atom. The summed E-state index contributed by atoms with van der Waals surface area (Å²) in [6, 6.07) is 21.5. The third-order valence-electron chi connectivity index (χ3n) is 4.85. The molecule has 0 spiro atoms. The van der Waals surface area contributed by atoms with E-state index in [-0.39, 0.29) is 18.3 Å². The molecule has 2 aromatic carbocycles. The maximum absolute atomic E-state index is 12.9. The fourth-order valence-corrected chi connectivity index (χ4v) is 3.25. The predicted octanol–water partition coefficient (Wildman–Crippen LogP) is 3.70. The van der Waals surface area contributed by atoms with Crippen molar-refractivity contribution in [1.29, 1.82) is 0 Å². The summed E-state index contributed by atoms with van der Waals surface area (Å²) in [5, 5.41) is 0. The summed E-state index contributed by atoms with van der Waals surface area (Å²) in [6.07, 6.45) is 0. The van der Waals surface area contributed by atoms with Gasteiger partial charge in [0.1, 0.15) is 24.2 Å². The Labute approximate surface area is 182 Å². The summed E-state index contributed by atoms with van der Waals surface area (Å²) in [5.74, 6) is 0.449. The van der Waals surface area contributed by atoms with Gasteiger partial charge in [-0.05, 0) is 42.9 Å². The van der Waals surface area contributed by atoms with Crippen molar-refractivity contribution >= 4 is 11.8 Å². The molecule has 0 aliphatic rings. The van der Waals surface area contributed by atoms with Gasteiger partial charge in [-0.2, -0.15) is 0 Å². The van der Waals surface area contributed by atoms with Crippen molar-refractivity contribution in [2.24, 2.45) is 0 Å². The molecule has 2 N–H and O–H groups in total. The molecule has 0 radical (unpaired) electrons. The van der Waals surface area contributed by atoms with Gasteiger partial charge < -0.3 is 9.15 Å². The van der Waals surface area contributed by atoms with E-state index in [1.54, 1.807) is 12.1 Å². The molecule has 1 atom stereocenters. The van der Waals surface area contributed by atoms with Gasteiger partial charge in [-0.25, -0.2) is 0 Å². The largest absolute Gasteiger partial charge is 0.486 e. The van der Waals surface area contributed by atoms with E-state index < -0.39 is 11.9 Å². The highest BCUT2D eigenvalue weighted by molar-refractivity contribution is 5.93. The second kappa shape index (κ2) is 11.0. The Hall–Kier alpha value is -3.58. The lowest BCUT2D eigenvalue weighted by Crippen LogP contribution is -2.48. The molecule has 0 fully saturated rings. The number of nitrogens with zero attached hydrogens (tertiary/aromatic N) is 1. The van der Waals surface area contributed by atoms with Gasteiger partial charge in [-0.15, -0.1) is 0 Å². The van der Waals surface area contributed by atoms with E-state index >= 15 is 0 Å². The first-order valence-corrected chi connectivity index (χ1v) is 10.3. The molecule has 0 saturated carbocycles. The number of hydrogen-bond acceptors (Lipinski definition) is 5. The molecule has 3 aromatic rings. The zero-order valence-corrected chi connectivity index (χ0v) is 17.7. The molecule has 7 nitrogen and oxygen atoms in total. The molecule has 0 bridgehead atoms. The summed E-state index contributed by atoms with van der Waals surface area (Å²) in [6.45, 7) is 5.57. The van der Waals surface area contributed by atoms with Gasteiger partial charge in [0, 0.05) is 0 Å². The number of carbonyl (C=O) groups is 2. The van der Waals surface area contributed by atoms with Crippen LogP contribution < -0.4 is 15.6 Å². The fraction of sp³-hybridized carbons (Fsp3) is 0.250. The zero-order valence-electron chi connectivity index (χ0n) is 17.7. The lowest BCUT2D eigenvalue weighted by molar-refractivity contribution is -0.127. The summed E-state index contributed by atoms with van der Waals surface area (Å²) >= 11 is 0. The van der Waals surface area contributed by atoms with Crippen LogP contribution >= 0.6 is 0 Å². The molecule has 3 rings (SSSR count). The van der Waals surface area contributed by atoms with Crippen LogP contribution in [0, 0.1) is 0 Å². The molecule has 31 heavy (non-hydrogen) atoms. The van der Waals surface area contributed by atoms with Gasteiger partial charge in [-0.3, -0.25) is 25.3 Å². The minimum absolute atomic E-state index is 0.0889. The summed E-state index contributed by atoms with van der Waals surface area (Å²) in [4.78, 5) is 27.3. The lowest BCUT2D eigenvalue weighted by atomic mass is 10.0. The first kappa shape index (κ1) is 22.1. The first-order valence-electron chi connectivity index (χ1n) is 10.3. The van der Waals surface area contributed by atoms with Crippen LogP contribution in [0.1, 0.15) is 41.8 Å². The van der Waals surface area contributed by atoms with Crippen LogP contribution in [-0.4, -0.2) is 29.8 Å². The number of carbonyl (C=O) groups excluding carboxylic acids is 2. The van der Waals surface area contributed by atoms with E-state index in [1.165, 1.54) is 0 Å². The molecule has 1 unspecified atom stereocenters. The van der Waals surface area contributed by atoms with Gasteiger partial charge >= 0.3 is 5.91 Å². The third kappa shape index (κ3) is 5.96. The SMILES string of the molecule is CCN(CC)C(C(=O)NNC(=O)c1ccc(COc2ccccc2)o1)c1ccccc1. The van der Waals surface area contributed by atoms with Gasteiger partial charge in [0.2, 0.25) is 0 Å². The van der Waals surface area contributed by atoms with Crippen molar-refractivity contribution in [3.8, 4) is 5.75 Å². The Morgan fingerprint density at radius 1 is 0.903 bits per heavy atom. The summed E-state index contributed by atoms with van der Waals surface area (Å²) in [7, 11) is 0. The molecule has 1 aromatic heterocycles. The highest BCUT2D eigenvalue weighted by atomic mass is 16.5. The van der Waals surface area contributed by atoms with Gasteiger partial charge in [0.05, 0.1) is 0 Å². The second-order valence-electron chi connectivity index (χ2n) is 6.85. The van der Waals surface area contributed by atoms with E-state index in [1.807, 2.05) is 79.4 Å². The average molecular weight is 421 g/mol. The minimum Gasteiger partial charge on any atom is -0.486 e. The Bertz CT molecular complexity index is 969. The molecule has 0 aliphatic heterocycles. The Morgan fingerprint density at radius 2 is 1.55 bits per heavy atom. The first-order chi connectivity index (χ1) is 15.1. The number of benzene rings is 2. The van der Waals surface area contributed by atoms with E-state index in [0.717, 1.165) is 5.56 Å². The maximum Gasteiger partial charge on any atom is 0.305 e. The number of para-hydroxylation sites is 1. The van der Waals surface area contributed by atoms with E-state index in [2.05, 4.69) is 10.9 Å². The fourth-order valence-electron chi connectivity index (χ4n) is 3.25. The number of likely N-dealkylation sites (N-methyl/N-ethyl adjacent to an activating group) is 1. The van der Waals surface area contributed by atoms with Gasteiger partial charge in [-0.1, -0.05) is 62.4 Å². The van der Waals surface area contributed by atoms with Crippen LogP contribution in [0.3, 0.4) is 0 Å². The van der Waals surface area contributed by atoms with E-state index in [4.69, 9.17) is 9.15 Å². The Balaban J connectivity index is 1.58. The van der Waals surface area contributed by atoms with Crippen LogP contribution in [0.15, 0.2) is 77.2 Å². The van der Waals surface area contributed by atoms with Crippen LogP contribution in [0.2, 0.25) is 0 Å². The predicted molar refractivity (Wildman–Crippen MR) is 117 cm³/mol. The minimum atomic E-state index is -0.536. The summed E-state index contributed by atoms with van der Waals surface area (Å²) in [5.41, 5.74) is 5.82. The number of hydrogen-bond donors (Lipinski definition) is 2. The normalized spacial score (nSPS) is 11.7. The number of furan rings is 1. The Kier molecular flexibility index (Phi) is 7.84. The summed E-state index contributed by atoms with van der Waals surface area (Å²) < 4.78 is 11.1. The number of rotatable bonds is 9. The van der Waals surface area contributed by atoms with Crippen LogP contribution in [0.4, 0.5) is 0 Å². The molecular weight excluding hydrogens is 394 g/mol. The van der Waals surface area contributed by atoms with E-state index in [0.29, 0.717) is 24.6 Å². The number of amides is 2. The topological polar surface area (TPSA) is 83.8 Å². The maximum atomic E-state index is 12.9. The number of hydrazine groups is 1. The molecule has 2 amide bonds. The highest BCUT2D eigenvalue weighted by Gasteiger charge is 2.26. The van der Waals surface area contributed by atoms with Crippen molar-refractivity contribution in [2.45, 2.75) is 26.5 Å². The monoisotopic (exact) mass is 421 g/mol. The third-order valence-corrected chi connectivity index (χ3v) is 4.85. The molecule has 0 saturated heterocycles. The molecular formula is C24H27N3O4. The van der Waals surface area contributed by atoms with Crippen molar-refractivity contribution < 1.29 is 18.7 Å². The smallest absolute Gasteiger partial charge is 0.305 e. The molecule has 1 heterocycles. The quantitative estimate of drug-likeness (QED) is 0.515. The molecule has 7 heteroatoms. The standard InChI is InChI=1S/C24H27N3O4/c1-3-27(4-2)22(18-11-7-5-8-12-18)24(29)26-25-23(28)21-16-15-20(31-21)17-30-19-13-9-6-10-14-19/h5-16,22H,3-4,17H2,1-2H3,(H,25,28)(H,26,29). The lowest BCUT2D eigenvalue weighted by Gasteiger charge is -2.28. The molecule has 162 valence electrons. The van der Waals surface area contributed by atoms with Crippen molar-refractivity contribution in [3.05, 3.63) is 89.9 Å².